The minimum absolute atomic E-state index is 0.0451. The Hall–Kier alpha value is -3.89. The standard InChI is InChI=1S/C39H46ClF2N3O4.2C2H6.C2H4/c1-4-28-6-8-29(9-7-28)38(30-10-13-32(40)14-11-30)31-12-15-35-34(26-31)36(44(3)33-16-18-45(19-17-33)39(2,41)42)27-37(43-35)49-25-24-48-23-22-47-21-5-20-46;3*1-2/h6-15,20,26-27,33,38H,4-5,16-19,21-25H2,1-3H3;2*1-2H3;1-2H2. The fourth-order valence-corrected chi connectivity index (χ4v) is 6.55. The lowest BCUT2D eigenvalue weighted by molar-refractivity contribution is -0.138. The van der Waals surface area contributed by atoms with E-state index in [9.17, 15) is 13.6 Å². The molecule has 0 saturated carbocycles. The molecule has 0 amide bonds. The quantitative estimate of drug-likeness (QED) is 0.0347. The number of hydrogen-bond acceptors (Lipinski definition) is 7. The Morgan fingerprint density at radius 1 is 0.873 bits per heavy atom. The van der Waals surface area contributed by atoms with Gasteiger partial charge in [-0.05, 0) is 65.8 Å². The number of aldehydes is 1. The molecule has 302 valence electrons. The maximum atomic E-state index is 14.1. The van der Waals surface area contributed by atoms with E-state index < -0.39 is 6.05 Å². The molecular weight excluding hydrogens is 720 g/mol. The minimum Gasteiger partial charge on any atom is -0.475 e. The number of ether oxygens (including phenoxy) is 3. The number of alkyl halides is 2. The van der Waals surface area contributed by atoms with E-state index in [2.05, 4.69) is 73.5 Å². The van der Waals surface area contributed by atoms with Crippen LogP contribution >= 0.6 is 11.6 Å². The molecule has 2 heterocycles. The summed E-state index contributed by atoms with van der Waals surface area (Å²) >= 11 is 6.29. The molecule has 4 aromatic rings. The number of pyridine rings is 1. The second-order valence-corrected chi connectivity index (χ2v) is 13.0. The van der Waals surface area contributed by atoms with E-state index in [-0.39, 0.29) is 12.0 Å². The molecule has 3 aromatic carbocycles. The summed E-state index contributed by atoms with van der Waals surface area (Å²) in [5.74, 6) is 0.422. The number of carbonyl (C=O) groups is 1. The number of piperidine rings is 1. The van der Waals surface area contributed by atoms with E-state index >= 15 is 0 Å². The average Bonchev–Trinajstić information content (AvgIpc) is 3.22. The Morgan fingerprint density at radius 2 is 1.42 bits per heavy atom. The lowest BCUT2D eigenvalue weighted by atomic mass is 9.84. The van der Waals surface area contributed by atoms with Gasteiger partial charge in [-0.25, -0.2) is 9.88 Å². The Balaban J connectivity index is 0.00000166. The highest BCUT2D eigenvalue weighted by molar-refractivity contribution is 6.30. The lowest BCUT2D eigenvalue weighted by Crippen LogP contribution is -2.49. The third-order valence-electron chi connectivity index (χ3n) is 9.22. The largest absolute Gasteiger partial charge is 0.475 e. The molecule has 0 spiro atoms. The Kier molecular flexibility index (Phi) is 21.7. The zero-order valence-electron chi connectivity index (χ0n) is 34.0. The van der Waals surface area contributed by atoms with Crippen molar-refractivity contribution in [3.8, 4) is 5.88 Å². The fraction of sp³-hybridized carbons (Fsp3) is 0.467. The Bertz CT molecular complexity index is 1660. The van der Waals surface area contributed by atoms with Gasteiger partial charge in [0, 0.05) is 61.9 Å². The molecule has 10 heteroatoms. The maximum Gasteiger partial charge on any atom is 0.302 e. The SMILES string of the molecule is C=C.CC.CC.CCc1ccc(C(c2ccc(Cl)cc2)c2ccc3nc(OCCOCCOCCC=O)cc(N(C)C4CCN(C(C)(F)F)CC4)c3c2)cc1. The van der Waals surface area contributed by atoms with Gasteiger partial charge in [-0.1, -0.05) is 88.7 Å². The van der Waals surface area contributed by atoms with Crippen LogP contribution in [0.4, 0.5) is 14.5 Å². The summed E-state index contributed by atoms with van der Waals surface area (Å²) in [5.41, 5.74) is 6.39. The van der Waals surface area contributed by atoms with Crippen LogP contribution in [-0.2, 0) is 20.7 Å². The number of aromatic nitrogens is 1. The van der Waals surface area contributed by atoms with Crippen molar-refractivity contribution in [3.63, 3.8) is 0 Å². The van der Waals surface area contributed by atoms with Crippen molar-refractivity contribution in [2.45, 2.75) is 85.2 Å². The van der Waals surface area contributed by atoms with Crippen molar-refractivity contribution in [3.05, 3.63) is 113 Å². The summed E-state index contributed by atoms with van der Waals surface area (Å²) in [7, 11) is 2.03. The van der Waals surface area contributed by atoms with E-state index in [4.69, 9.17) is 30.8 Å². The second-order valence-electron chi connectivity index (χ2n) is 12.5. The molecular formula is C45H62ClF2N3O4. The number of nitrogens with zero attached hydrogens (tertiary/aromatic N) is 3. The van der Waals surface area contributed by atoms with E-state index in [1.807, 2.05) is 59.0 Å². The molecule has 1 aliphatic rings. The van der Waals surface area contributed by atoms with Crippen molar-refractivity contribution in [2.75, 3.05) is 58.1 Å². The molecule has 0 bridgehead atoms. The number of fused-ring (bicyclic) bond motifs is 1. The number of aryl methyl sites for hydroxylation is 1. The van der Waals surface area contributed by atoms with Crippen molar-refractivity contribution < 1.29 is 27.8 Å². The molecule has 0 aliphatic carbocycles. The minimum atomic E-state index is -2.83. The monoisotopic (exact) mass is 781 g/mol. The van der Waals surface area contributed by atoms with Crippen molar-refractivity contribution in [1.82, 2.24) is 9.88 Å². The lowest BCUT2D eigenvalue weighted by Gasteiger charge is -2.40. The normalized spacial score (nSPS) is 13.6. The summed E-state index contributed by atoms with van der Waals surface area (Å²) in [5, 5.41) is 1.65. The van der Waals surface area contributed by atoms with Gasteiger partial charge in [0.05, 0.1) is 37.6 Å². The highest BCUT2D eigenvalue weighted by atomic mass is 35.5. The van der Waals surface area contributed by atoms with E-state index in [1.54, 1.807) is 0 Å². The van der Waals surface area contributed by atoms with Crippen molar-refractivity contribution >= 4 is 34.5 Å². The highest BCUT2D eigenvalue weighted by Crippen LogP contribution is 2.38. The zero-order valence-corrected chi connectivity index (χ0v) is 34.7. The van der Waals surface area contributed by atoms with E-state index in [0.717, 1.165) is 47.3 Å². The van der Waals surface area contributed by atoms with Gasteiger partial charge in [0.1, 0.15) is 12.9 Å². The smallest absolute Gasteiger partial charge is 0.302 e. The molecule has 1 aliphatic heterocycles. The predicted octanol–water partition coefficient (Wildman–Crippen LogP) is 11.0. The van der Waals surface area contributed by atoms with Gasteiger partial charge in [-0.15, -0.1) is 13.2 Å². The third-order valence-corrected chi connectivity index (χ3v) is 9.47. The van der Waals surface area contributed by atoms with Crippen LogP contribution in [-0.4, -0.2) is 81.4 Å². The first-order valence-electron chi connectivity index (χ1n) is 19.5. The molecule has 1 fully saturated rings. The summed E-state index contributed by atoms with van der Waals surface area (Å²) in [6.07, 6.45) is 3.38. The van der Waals surface area contributed by atoms with Crippen LogP contribution in [0.5, 0.6) is 5.88 Å². The topological polar surface area (TPSA) is 64.1 Å². The molecule has 1 saturated heterocycles. The van der Waals surface area contributed by atoms with E-state index in [1.165, 1.54) is 16.0 Å². The number of benzene rings is 3. The molecule has 7 nitrogen and oxygen atoms in total. The molecule has 1 aromatic heterocycles. The van der Waals surface area contributed by atoms with Crippen molar-refractivity contribution in [1.29, 1.82) is 0 Å². The number of hydrogen-bond donors (Lipinski definition) is 0. The molecule has 0 N–H and O–H groups in total. The molecule has 5 rings (SSSR count). The van der Waals surface area contributed by atoms with Crippen LogP contribution in [0.1, 0.15) is 89.0 Å². The number of carbonyl (C=O) groups excluding carboxylic acids is 1. The van der Waals surface area contributed by atoms with Gasteiger partial charge in [-0.2, -0.15) is 8.78 Å². The van der Waals surface area contributed by atoms with Gasteiger partial charge >= 0.3 is 6.05 Å². The van der Waals surface area contributed by atoms with Crippen LogP contribution in [0.15, 0.2) is 86.0 Å². The molecule has 1 atom stereocenters. The summed E-state index contributed by atoms with van der Waals surface area (Å²) in [4.78, 5) is 18.7. The number of likely N-dealkylation sites (tertiary alicyclic amines) is 1. The van der Waals surface area contributed by atoms with Gasteiger partial charge in [-0.3, -0.25) is 0 Å². The number of anilines is 1. The second kappa shape index (κ2) is 25.3. The Labute approximate surface area is 333 Å². The zero-order chi connectivity index (χ0) is 40.8. The number of rotatable bonds is 17. The predicted molar refractivity (Wildman–Crippen MR) is 225 cm³/mol. The van der Waals surface area contributed by atoms with Crippen LogP contribution in [0, 0.1) is 0 Å². The summed E-state index contributed by atoms with van der Waals surface area (Å²) in [6.45, 7) is 19.6. The third kappa shape index (κ3) is 14.3. The fourth-order valence-electron chi connectivity index (χ4n) is 6.43. The van der Waals surface area contributed by atoms with Crippen LogP contribution < -0.4 is 9.64 Å². The first kappa shape index (κ1) is 47.3. The van der Waals surface area contributed by atoms with Gasteiger partial charge < -0.3 is 23.9 Å². The number of halogens is 3. The molecule has 0 radical (unpaired) electrons. The van der Waals surface area contributed by atoms with Crippen LogP contribution in [0.2, 0.25) is 5.02 Å². The van der Waals surface area contributed by atoms with Crippen LogP contribution in [0.25, 0.3) is 10.9 Å². The molecule has 55 heavy (non-hydrogen) atoms. The first-order valence-corrected chi connectivity index (χ1v) is 19.9. The van der Waals surface area contributed by atoms with E-state index in [0.29, 0.717) is 76.3 Å². The first-order chi connectivity index (χ1) is 26.7. The van der Waals surface area contributed by atoms with Gasteiger partial charge in [0.2, 0.25) is 5.88 Å². The van der Waals surface area contributed by atoms with Crippen LogP contribution in [0.3, 0.4) is 0 Å². The highest BCUT2D eigenvalue weighted by Gasteiger charge is 2.35. The van der Waals surface area contributed by atoms with Crippen molar-refractivity contribution in [2.24, 2.45) is 0 Å². The van der Waals surface area contributed by atoms with Gasteiger partial charge in [0.25, 0.3) is 0 Å². The average molecular weight is 782 g/mol. The molecule has 1 unspecified atom stereocenters. The maximum absolute atomic E-state index is 14.1. The summed E-state index contributed by atoms with van der Waals surface area (Å²) in [6, 6.07) is 22.3. The Morgan fingerprint density at radius 3 is 1.98 bits per heavy atom. The summed E-state index contributed by atoms with van der Waals surface area (Å²) < 4.78 is 45.3. The van der Waals surface area contributed by atoms with Gasteiger partial charge in [0.15, 0.2) is 0 Å².